The predicted molar refractivity (Wildman–Crippen MR) is 77.5 cm³/mol. The summed E-state index contributed by atoms with van der Waals surface area (Å²) < 4.78 is 0. The Kier molecular flexibility index (Phi) is 3.40. The van der Waals surface area contributed by atoms with Crippen molar-refractivity contribution in [2.45, 2.75) is 37.1 Å². The van der Waals surface area contributed by atoms with E-state index in [1.165, 1.54) is 18.4 Å². The third-order valence-electron chi connectivity index (χ3n) is 3.99. The van der Waals surface area contributed by atoms with E-state index < -0.39 is 0 Å². The average molecular weight is 282 g/mol. The van der Waals surface area contributed by atoms with Gasteiger partial charge < -0.3 is 5.32 Å². The Labute approximate surface area is 118 Å². The van der Waals surface area contributed by atoms with Gasteiger partial charge in [0.2, 0.25) is 0 Å². The molecule has 0 radical (unpaired) electrons. The molecule has 0 atom stereocenters. The minimum absolute atomic E-state index is 0.129. The van der Waals surface area contributed by atoms with Crippen molar-refractivity contribution in [2.24, 2.45) is 0 Å². The van der Waals surface area contributed by atoms with Gasteiger partial charge in [-0.25, -0.2) is 0 Å². The van der Waals surface area contributed by atoms with Crippen LogP contribution >= 0.6 is 23.2 Å². The van der Waals surface area contributed by atoms with E-state index in [9.17, 15) is 0 Å². The molecule has 0 amide bonds. The second-order valence-corrected chi connectivity index (χ2v) is 6.28. The first-order valence-corrected chi connectivity index (χ1v) is 7.29. The molecule has 0 unspecified atom stereocenters. The Hall–Kier alpha value is -0.500. The molecule has 1 aromatic rings. The fourth-order valence-corrected chi connectivity index (χ4v) is 3.32. The minimum Gasteiger partial charge on any atom is -0.313 e. The van der Waals surface area contributed by atoms with E-state index in [1.54, 1.807) is 0 Å². The molecule has 0 heterocycles. The molecular formula is C15H17Cl2N. The van der Waals surface area contributed by atoms with Gasteiger partial charge in [0.05, 0.1) is 0 Å². The van der Waals surface area contributed by atoms with Crippen LogP contribution in [0.5, 0.6) is 0 Å². The molecule has 0 aromatic heterocycles. The number of nitrogens with one attached hydrogen (secondary N) is 1. The summed E-state index contributed by atoms with van der Waals surface area (Å²) >= 11 is 12.4. The molecule has 2 aliphatic carbocycles. The van der Waals surface area contributed by atoms with Crippen LogP contribution in [0.4, 0.5) is 0 Å². The van der Waals surface area contributed by atoms with Crippen molar-refractivity contribution >= 4 is 23.2 Å². The lowest BCUT2D eigenvalue weighted by Gasteiger charge is -2.31. The van der Waals surface area contributed by atoms with Gasteiger partial charge in [-0.3, -0.25) is 0 Å². The monoisotopic (exact) mass is 281 g/mol. The van der Waals surface area contributed by atoms with Crippen LogP contribution < -0.4 is 5.32 Å². The highest BCUT2D eigenvalue weighted by Crippen LogP contribution is 2.41. The van der Waals surface area contributed by atoms with E-state index >= 15 is 0 Å². The Bertz CT molecular complexity index is 469. The standard InChI is InChI=1S/C15H17Cl2N/c16-11-3-6-13(14(17)9-11)15(7-1-2-8-15)10-18-12-4-5-12/h1-3,6,9,12,18H,4-5,7-8,10H2. The highest BCUT2D eigenvalue weighted by Gasteiger charge is 2.36. The molecule has 1 saturated carbocycles. The van der Waals surface area contributed by atoms with Crippen molar-refractivity contribution < 1.29 is 0 Å². The van der Waals surface area contributed by atoms with E-state index in [1.807, 2.05) is 12.1 Å². The smallest absolute Gasteiger partial charge is 0.0459 e. The normalized spacial score (nSPS) is 21.4. The maximum atomic E-state index is 6.39. The van der Waals surface area contributed by atoms with E-state index in [-0.39, 0.29) is 5.41 Å². The number of allylic oxidation sites excluding steroid dienone is 2. The van der Waals surface area contributed by atoms with Crippen LogP contribution in [0.3, 0.4) is 0 Å². The van der Waals surface area contributed by atoms with Crippen LogP contribution in [0.2, 0.25) is 10.0 Å². The molecule has 1 aromatic carbocycles. The molecule has 0 bridgehead atoms. The van der Waals surface area contributed by atoms with Crippen LogP contribution in [0.25, 0.3) is 0 Å². The summed E-state index contributed by atoms with van der Waals surface area (Å²) in [4.78, 5) is 0. The summed E-state index contributed by atoms with van der Waals surface area (Å²) in [5.41, 5.74) is 1.36. The average Bonchev–Trinajstić information content (AvgIpc) is 3.05. The highest BCUT2D eigenvalue weighted by atomic mass is 35.5. The molecule has 1 fully saturated rings. The van der Waals surface area contributed by atoms with Gasteiger partial charge >= 0.3 is 0 Å². The first kappa shape index (κ1) is 12.5. The van der Waals surface area contributed by atoms with Crippen molar-refractivity contribution in [3.05, 3.63) is 46.0 Å². The molecule has 2 aliphatic rings. The van der Waals surface area contributed by atoms with Crippen LogP contribution in [0, 0.1) is 0 Å². The fraction of sp³-hybridized carbons (Fsp3) is 0.467. The second kappa shape index (κ2) is 4.88. The lowest BCUT2D eigenvalue weighted by molar-refractivity contribution is 0.417. The molecule has 0 spiro atoms. The number of halogens is 2. The first-order valence-electron chi connectivity index (χ1n) is 6.54. The fourth-order valence-electron chi connectivity index (χ4n) is 2.71. The summed E-state index contributed by atoms with van der Waals surface area (Å²) in [6.45, 7) is 1.01. The van der Waals surface area contributed by atoms with Crippen LogP contribution in [-0.2, 0) is 5.41 Å². The molecule has 3 heteroatoms. The molecule has 0 aliphatic heterocycles. The molecular weight excluding hydrogens is 265 g/mol. The second-order valence-electron chi connectivity index (χ2n) is 5.44. The molecule has 1 N–H and O–H groups in total. The third kappa shape index (κ3) is 2.45. The zero-order valence-electron chi connectivity index (χ0n) is 10.3. The zero-order valence-corrected chi connectivity index (χ0v) is 11.8. The van der Waals surface area contributed by atoms with E-state index in [4.69, 9.17) is 23.2 Å². The Balaban J connectivity index is 1.87. The van der Waals surface area contributed by atoms with Crippen molar-refractivity contribution in [3.63, 3.8) is 0 Å². The first-order chi connectivity index (χ1) is 8.70. The molecule has 1 nitrogen and oxygen atoms in total. The molecule has 3 rings (SSSR count). The maximum Gasteiger partial charge on any atom is 0.0459 e. The van der Waals surface area contributed by atoms with Crippen LogP contribution in [0.15, 0.2) is 30.4 Å². The van der Waals surface area contributed by atoms with Gasteiger partial charge in [-0.1, -0.05) is 41.4 Å². The highest BCUT2D eigenvalue weighted by molar-refractivity contribution is 6.35. The third-order valence-corrected chi connectivity index (χ3v) is 4.54. The minimum atomic E-state index is 0.129. The van der Waals surface area contributed by atoms with Crippen LogP contribution in [0.1, 0.15) is 31.2 Å². The SMILES string of the molecule is Clc1ccc(C2(CNC3CC3)CC=CC2)c(Cl)c1. The molecule has 96 valence electrons. The lowest BCUT2D eigenvalue weighted by atomic mass is 9.78. The Morgan fingerprint density at radius 1 is 1.17 bits per heavy atom. The van der Waals surface area contributed by atoms with Gasteiger partial charge in [-0.2, -0.15) is 0 Å². The largest absolute Gasteiger partial charge is 0.313 e. The number of hydrogen-bond acceptors (Lipinski definition) is 1. The predicted octanol–water partition coefficient (Wildman–Crippen LogP) is 4.33. The number of benzene rings is 1. The molecule has 18 heavy (non-hydrogen) atoms. The maximum absolute atomic E-state index is 6.39. The topological polar surface area (TPSA) is 12.0 Å². The summed E-state index contributed by atoms with van der Waals surface area (Å²) in [7, 11) is 0. The molecule has 0 saturated heterocycles. The number of hydrogen-bond donors (Lipinski definition) is 1. The van der Waals surface area contributed by atoms with Gasteiger partial charge in [0.25, 0.3) is 0 Å². The van der Waals surface area contributed by atoms with Gasteiger partial charge in [-0.05, 0) is 43.4 Å². The van der Waals surface area contributed by atoms with Gasteiger partial charge in [0.1, 0.15) is 0 Å². The Morgan fingerprint density at radius 2 is 1.89 bits per heavy atom. The number of rotatable bonds is 4. The van der Waals surface area contributed by atoms with Crippen molar-refractivity contribution in [1.82, 2.24) is 5.32 Å². The van der Waals surface area contributed by atoms with Crippen molar-refractivity contribution in [1.29, 1.82) is 0 Å². The van der Waals surface area contributed by atoms with Crippen LogP contribution in [-0.4, -0.2) is 12.6 Å². The van der Waals surface area contributed by atoms with E-state index in [0.29, 0.717) is 5.02 Å². The summed E-state index contributed by atoms with van der Waals surface area (Å²) in [5, 5.41) is 5.15. The summed E-state index contributed by atoms with van der Waals surface area (Å²) in [5.74, 6) is 0. The summed E-state index contributed by atoms with van der Waals surface area (Å²) in [6.07, 6.45) is 9.29. The van der Waals surface area contributed by atoms with Gasteiger partial charge in [0.15, 0.2) is 0 Å². The van der Waals surface area contributed by atoms with E-state index in [0.717, 1.165) is 30.5 Å². The summed E-state index contributed by atoms with van der Waals surface area (Å²) in [6, 6.07) is 6.62. The zero-order chi connectivity index (χ0) is 12.6. The van der Waals surface area contributed by atoms with E-state index in [2.05, 4.69) is 23.5 Å². The van der Waals surface area contributed by atoms with Gasteiger partial charge in [0, 0.05) is 28.0 Å². The van der Waals surface area contributed by atoms with Crippen molar-refractivity contribution in [3.8, 4) is 0 Å². The Morgan fingerprint density at radius 3 is 2.50 bits per heavy atom. The lowest BCUT2D eigenvalue weighted by Crippen LogP contribution is -2.37. The van der Waals surface area contributed by atoms with Crippen molar-refractivity contribution in [2.75, 3.05) is 6.54 Å². The quantitative estimate of drug-likeness (QED) is 0.810. The van der Waals surface area contributed by atoms with Gasteiger partial charge in [-0.15, -0.1) is 0 Å².